The van der Waals surface area contributed by atoms with E-state index in [4.69, 9.17) is 0 Å². The number of amides is 1. The Morgan fingerprint density at radius 3 is 2.18 bits per heavy atom. The zero-order chi connectivity index (χ0) is 20.0. The number of aromatic nitrogens is 1. The average molecular weight is 386 g/mol. The number of hydrogen-bond donors (Lipinski definition) is 3. The van der Waals surface area contributed by atoms with Gasteiger partial charge in [0.2, 0.25) is 5.91 Å². The van der Waals surface area contributed by atoms with E-state index in [2.05, 4.69) is 22.3 Å². The highest BCUT2D eigenvalue weighted by Crippen LogP contribution is 2.16. The second-order valence-electron chi connectivity index (χ2n) is 7.20. The van der Waals surface area contributed by atoms with E-state index >= 15 is 0 Å². The molecule has 0 saturated heterocycles. The van der Waals surface area contributed by atoms with E-state index in [1.54, 1.807) is 12.1 Å². The zero-order valence-corrected chi connectivity index (χ0v) is 16.5. The van der Waals surface area contributed by atoms with Crippen LogP contribution in [0.3, 0.4) is 0 Å². The number of aliphatic hydroxyl groups is 2. The highest BCUT2D eigenvalue weighted by atomic mass is 16.3. The minimum Gasteiger partial charge on any atom is -0.394 e. The SMILES string of the molecule is O=C(CCCCCCCC[n+]1ccccc1)N[C@H](CO)[C@@H](O)c1ccccc1. The van der Waals surface area contributed by atoms with Gasteiger partial charge in [0.1, 0.15) is 12.6 Å². The largest absolute Gasteiger partial charge is 0.394 e. The Morgan fingerprint density at radius 1 is 0.893 bits per heavy atom. The van der Waals surface area contributed by atoms with Crippen molar-refractivity contribution in [3.63, 3.8) is 0 Å². The maximum absolute atomic E-state index is 12.1. The van der Waals surface area contributed by atoms with Crippen LogP contribution >= 0.6 is 0 Å². The number of aryl methyl sites for hydroxylation is 1. The maximum Gasteiger partial charge on any atom is 0.220 e. The molecular weight excluding hydrogens is 352 g/mol. The lowest BCUT2D eigenvalue weighted by Crippen LogP contribution is -2.41. The summed E-state index contributed by atoms with van der Waals surface area (Å²) < 4.78 is 2.20. The Balaban J connectivity index is 1.54. The van der Waals surface area contributed by atoms with Gasteiger partial charge in [0, 0.05) is 25.0 Å². The van der Waals surface area contributed by atoms with E-state index in [9.17, 15) is 15.0 Å². The molecule has 2 rings (SSSR count). The summed E-state index contributed by atoms with van der Waals surface area (Å²) in [6.07, 6.45) is 10.2. The van der Waals surface area contributed by atoms with Crippen LogP contribution in [0.5, 0.6) is 0 Å². The second kappa shape index (κ2) is 13.0. The summed E-state index contributed by atoms with van der Waals surface area (Å²) in [6, 6.07) is 14.5. The molecule has 2 aromatic rings. The van der Waals surface area contributed by atoms with Gasteiger partial charge in [0.25, 0.3) is 0 Å². The number of aliphatic hydroxyl groups excluding tert-OH is 2. The molecule has 0 aliphatic heterocycles. The first-order valence-corrected chi connectivity index (χ1v) is 10.3. The smallest absolute Gasteiger partial charge is 0.220 e. The minimum atomic E-state index is -0.905. The van der Waals surface area contributed by atoms with Crippen molar-refractivity contribution >= 4 is 5.91 Å². The number of carbonyl (C=O) groups is 1. The number of benzene rings is 1. The minimum absolute atomic E-state index is 0.116. The normalized spacial score (nSPS) is 13.1. The molecule has 0 radical (unpaired) electrons. The molecule has 2 atom stereocenters. The lowest BCUT2D eigenvalue weighted by molar-refractivity contribution is -0.697. The second-order valence-corrected chi connectivity index (χ2v) is 7.20. The molecule has 5 nitrogen and oxygen atoms in total. The summed E-state index contributed by atoms with van der Waals surface area (Å²) in [5, 5.41) is 22.6. The van der Waals surface area contributed by atoms with Crippen LogP contribution in [0.25, 0.3) is 0 Å². The first-order valence-electron chi connectivity index (χ1n) is 10.3. The molecule has 28 heavy (non-hydrogen) atoms. The number of carbonyl (C=O) groups excluding carboxylic acids is 1. The molecule has 0 aliphatic carbocycles. The number of pyridine rings is 1. The van der Waals surface area contributed by atoms with E-state index in [0.717, 1.165) is 25.8 Å². The van der Waals surface area contributed by atoms with Gasteiger partial charge in [0.05, 0.1) is 12.6 Å². The highest BCUT2D eigenvalue weighted by molar-refractivity contribution is 5.76. The van der Waals surface area contributed by atoms with Gasteiger partial charge in [-0.3, -0.25) is 4.79 Å². The lowest BCUT2D eigenvalue weighted by Gasteiger charge is -2.22. The van der Waals surface area contributed by atoms with Gasteiger partial charge >= 0.3 is 0 Å². The van der Waals surface area contributed by atoms with Gasteiger partial charge in [-0.15, -0.1) is 0 Å². The summed E-state index contributed by atoms with van der Waals surface area (Å²) in [7, 11) is 0. The third-order valence-corrected chi connectivity index (χ3v) is 4.91. The molecule has 1 heterocycles. The Labute approximate surface area is 168 Å². The van der Waals surface area contributed by atoms with E-state index in [-0.39, 0.29) is 12.5 Å². The molecule has 152 valence electrons. The number of rotatable bonds is 13. The van der Waals surface area contributed by atoms with Crippen molar-refractivity contribution in [2.45, 2.75) is 63.6 Å². The number of unbranched alkanes of at least 4 members (excludes halogenated alkanes) is 5. The molecule has 0 unspecified atom stereocenters. The van der Waals surface area contributed by atoms with Crippen LogP contribution in [0.2, 0.25) is 0 Å². The summed E-state index contributed by atoms with van der Waals surface area (Å²) in [6.45, 7) is 0.761. The zero-order valence-electron chi connectivity index (χ0n) is 16.5. The molecule has 3 N–H and O–H groups in total. The van der Waals surface area contributed by atoms with E-state index in [0.29, 0.717) is 12.0 Å². The standard InChI is InChI=1S/C23H32N2O3/c26-19-21(23(28)20-13-7-5-8-14-20)24-22(27)15-9-3-1-2-4-10-16-25-17-11-6-12-18-25/h5-8,11-14,17-18,21,23,26,28H,1-4,9-10,15-16,19H2/p+1/t21-,23+/m1/s1. The molecule has 1 aromatic carbocycles. The van der Waals surface area contributed by atoms with Crippen molar-refractivity contribution in [1.29, 1.82) is 0 Å². The molecule has 0 saturated carbocycles. The van der Waals surface area contributed by atoms with Crippen molar-refractivity contribution in [3.8, 4) is 0 Å². The Morgan fingerprint density at radius 2 is 1.50 bits per heavy atom. The van der Waals surface area contributed by atoms with Gasteiger partial charge in [-0.1, -0.05) is 55.7 Å². The Hall–Kier alpha value is -2.24. The fourth-order valence-electron chi connectivity index (χ4n) is 3.26. The molecule has 0 fully saturated rings. The highest BCUT2D eigenvalue weighted by Gasteiger charge is 2.21. The molecule has 0 aliphatic rings. The van der Waals surface area contributed by atoms with Crippen LogP contribution < -0.4 is 9.88 Å². The van der Waals surface area contributed by atoms with E-state index < -0.39 is 12.1 Å². The fraction of sp³-hybridized carbons (Fsp3) is 0.478. The van der Waals surface area contributed by atoms with Crippen molar-refractivity contribution < 1.29 is 19.6 Å². The summed E-state index contributed by atoms with van der Waals surface area (Å²) in [5.74, 6) is -0.116. The topological polar surface area (TPSA) is 73.4 Å². The van der Waals surface area contributed by atoms with Crippen molar-refractivity contribution in [3.05, 3.63) is 66.5 Å². The quantitative estimate of drug-likeness (QED) is 0.367. The van der Waals surface area contributed by atoms with Crippen LogP contribution in [0.4, 0.5) is 0 Å². The predicted molar refractivity (Wildman–Crippen MR) is 109 cm³/mol. The molecular formula is C23H33N2O3+. The molecule has 1 amide bonds. The monoisotopic (exact) mass is 385 g/mol. The third kappa shape index (κ3) is 8.19. The summed E-state index contributed by atoms with van der Waals surface area (Å²) in [4.78, 5) is 12.1. The predicted octanol–water partition coefficient (Wildman–Crippen LogP) is 2.92. The fourth-order valence-corrected chi connectivity index (χ4v) is 3.26. The van der Waals surface area contributed by atoms with Gasteiger partial charge in [-0.2, -0.15) is 0 Å². The van der Waals surface area contributed by atoms with Crippen molar-refractivity contribution in [2.24, 2.45) is 0 Å². The van der Waals surface area contributed by atoms with Gasteiger partial charge in [-0.05, 0) is 18.4 Å². The number of nitrogens with zero attached hydrogens (tertiary/aromatic N) is 1. The first-order chi connectivity index (χ1) is 13.7. The van der Waals surface area contributed by atoms with Crippen LogP contribution in [0.15, 0.2) is 60.9 Å². The Kier molecular flexibility index (Phi) is 10.3. The van der Waals surface area contributed by atoms with Gasteiger partial charge in [-0.25, -0.2) is 4.57 Å². The average Bonchev–Trinajstić information content (AvgIpc) is 2.74. The molecule has 0 spiro atoms. The third-order valence-electron chi connectivity index (χ3n) is 4.91. The number of hydrogen-bond acceptors (Lipinski definition) is 3. The van der Waals surface area contributed by atoms with Crippen LogP contribution in [-0.2, 0) is 11.3 Å². The van der Waals surface area contributed by atoms with Crippen LogP contribution in [0.1, 0.15) is 56.6 Å². The van der Waals surface area contributed by atoms with Crippen molar-refractivity contribution in [1.82, 2.24) is 5.32 Å². The van der Waals surface area contributed by atoms with Crippen molar-refractivity contribution in [2.75, 3.05) is 6.61 Å². The molecule has 1 aromatic heterocycles. The lowest BCUT2D eigenvalue weighted by atomic mass is 10.0. The van der Waals surface area contributed by atoms with E-state index in [1.807, 2.05) is 36.4 Å². The van der Waals surface area contributed by atoms with Crippen LogP contribution in [-0.4, -0.2) is 28.8 Å². The van der Waals surface area contributed by atoms with Gasteiger partial charge < -0.3 is 15.5 Å². The first kappa shape index (κ1) is 22.1. The summed E-state index contributed by atoms with van der Waals surface area (Å²) in [5.41, 5.74) is 0.690. The Bertz CT molecular complexity index is 664. The van der Waals surface area contributed by atoms with E-state index in [1.165, 1.54) is 19.3 Å². The van der Waals surface area contributed by atoms with Crippen LogP contribution in [0, 0.1) is 0 Å². The molecule has 5 heteroatoms. The summed E-state index contributed by atoms with van der Waals surface area (Å²) >= 11 is 0. The molecule has 0 bridgehead atoms. The maximum atomic E-state index is 12.1. The number of nitrogens with one attached hydrogen (secondary N) is 1. The van der Waals surface area contributed by atoms with Gasteiger partial charge in [0.15, 0.2) is 12.4 Å².